The first kappa shape index (κ1) is 35.6. The van der Waals surface area contributed by atoms with Gasteiger partial charge in [-0.15, -0.1) is 0 Å². The summed E-state index contributed by atoms with van der Waals surface area (Å²) >= 11 is 0. The molecule has 0 aromatic heterocycles. The summed E-state index contributed by atoms with van der Waals surface area (Å²) in [6, 6.07) is 10.6. The Bertz CT molecular complexity index is 1340. The van der Waals surface area contributed by atoms with Gasteiger partial charge in [-0.05, 0) is 60.3 Å². The molecule has 2 aromatic carbocycles. The van der Waals surface area contributed by atoms with Gasteiger partial charge in [-0.2, -0.15) is 4.31 Å². The van der Waals surface area contributed by atoms with E-state index in [4.69, 9.17) is 18.6 Å². The molecule has 0 spiro atoms. The van der Waals surface area contributed by atoms with Crippen LogP contribution in [0.5, 0.6) is 17.2 Å². The number of aliphatic hydroxyl groups is 1. The van der Waals surface area contributed by atoms with Crippen molar-refractivity contribution in [2.24, 2.45) is 5.92 Å². The molecule has 246 valence electrons. The van der Waals surface area contributed by atoms with Crippen molar-refractivity contribution < 1.29 is 42.1 Å². The van der Waals surface area contributed by atoms with Gasteiger partial charge >= 0.3 is 6.09 Å². The van der Waals surface area contributed by atoms with Gasteiger partial charge in [0.1, 0.15) is 5.75 Å². The number of ether oxygens (including phenoxy) is 3. The van der Waals surface area contributed by atoms with Crippen molar-refractivity contribution in [1.82, 2.24) is 9.62 Å². The molecule has 2 aromatic rings. The van der Waals surface area contributed by atoms with E-state index in [1.807, 2.05) is 13.8 Å². The molecule has 0 bridgehead atoms. The minimum absolute atomic E-state index is 0.000476. The molecule has 0 fully saturated rings. The fraction of sp³-hybridized carbons (Fsp3) is 0.581. The zero-order valence-electron chi connectivity index (χ0n) is 26.8. The fourth-order valence-electron chi connectivity index (χ4n) is 4.41. The topological polar surface area (TPSA) is 144 Å². The molecule has 13 heteroatoms. The molecule has 0 radical (unpaired) electrons. The van der Waals surface area contributed by atoms with Crippen molar-refractivity contribution in [2.75, 3.05) is 33.1 Å². The molecule has 0 saturated heterocycles. The Labute approximate surface area is 262 Å². The van der Waals surface area contributed by atoms with Crippen molar-refractivity contribution in [3.8, 4) is 17.2 Å². The number of hydrogen-bond acceptors (Lipinski definition) is 8. The first-order chi connectivity index (χ1) is 20.5. The minimum atomic E-state index is -4.04. The SMILES string of the molecule is CC(C)CN(C[C@H](O)[C@H](Cc1ccc(OCCCO[Si](C)(C)C(C)(C)C)cc1)NC(=O)O)S(=O)(=O)c1ccc2c(c1)OCO2. The summed E-state index contributed by atoms with van der Waals surface area (Å²) < 4.78 is 51.1. The monoisotopic (exact) mass is 652 g/mol. The molecule has 1 aliphatic rings. The summed E-state index contributed by atoms with van der Waals surface area (Å²) in [6.45, 7) is 15.7. The molecule has 1 aliphatic heterocycles. The lowest BCUT2D eigenvalue weighted by Crippen LogP contribution is -2.50. The Morgan fingerprint density at radius 2 is 1.70 bits per heavy atom. The van der Waals surface area contributed by atoms with E-state index >= 15 is 0 Å². The van der Waals surface area contributed by atoms with E-state index < -0.39 is 36.6 Å². The Kier molecular flexibility index (Phi) is 12.1. The largest absolute Gasteiger partial charge is 0.494 e. The number of amides is 1. The van der Waals surface area contributed by atoms with Gasteiger partial charge in [-0.1, -0.05) is 46.8 Å². The molecule has 1 heterocycles. The van der Waals surface area contributed by atoms with Gasteiger partial charge in [0.25, 0.3) is 0 Å². The highest BCUT2D eigenvalue weighted by Gasteiger charge is 2.37. The van der Waals surface area contributed by atoms with E-state index in [-0.39, 0.29) is 42.2 Å². The van der Waals surface area contributed by atoms with Gasteiger partial charge < -0.3 is 34.2 Å². The van der Waals surface area contributed by atoms with Gasteiger partial charge in [-0.25, -0.2) is 13.2 Å². The molecular formula is C31H48N2O9SSi. The van der Waals surface area contributed by atoms with Gasteiger partial charge in [-0.3, -0.25) is 0 Å². The van der Waals surface area contributed by atoms with Crippen molar-refractivity contribution >= 4 is 24.4 Å². The van der Waals surface area contributed by atoms with Crippen molar-refractivity contribution in [1.29, 1.82) is 0 Å². The quantitative estimate of drug-likeness (QED) is 0.167. The lowest BCUT2D eigenvalue weighted by molar-refractivity contribution is 0.0980. The Hall–Kier alpha value is -2.84. The maximum absolute atomic E-state index is 13.6. The average Bonchev–Trinajstić information content (AvgIpc) is 3.40. The summed E-state index contributed by atoms with van der Waals surface area (Å²) in [5.41, 5.74) is 0.755. The number of benzene rings is 2. The van der Waals surface area contributed by atoms with Crippen LogP contribution in [0.25, 0.3) is 0 Å². The van der Waals surface area contributed by atoms with E-state index in [1.54, 1.807) is 24.3 Å². The van der Waals surface area contributed by atoms with E-state index in [1.165, 1.54) is 22.5 Å². The second-order valence-electron chi connectivity index (χ2n) is 13.0. The van der Waals surface area contributed by atoms with Crippen molar-refractivity contribution in [3.63, 3.8) is 0 Å². The number of nitrogens with zero attached hydrogens (tertiary/aromatic N) is 1. The molecule has 1 amide bonds. The predicted molar refractivity (Wildman–Crippen MR) is 171 cm³/mol. The average molecular weight is 653 g/mol. The van der Waals surface area contributed by atoms with Crippen LogP contribution >= 0.6 is 0 Å². The summed E-state index contributed by atoms with van der Waals surface area (Å²) in [5.74, 6) is 1.40. The van der Waals surface area contributed by atoms with Crippen LogP contribution in [0.1, 0.15) is 46.6 Å². The normalized spacial score (nSPS) is 15.0. The number of nitrogens with one attached hydrogen (secondary N) is 1. The van der Waals surface area contributed by atoms with Crippen LogP contribution < -0.4 is 19.5 Å². The lowest BCUT2D eigenvalue weighted by atomic mass is 10.0. The lowest BCUT2D eigenvalue weighted by Gasteiger charge is -2.36. The van der Waals surface area contributed by atoms with E-state index in [0.29, 0.717) is 30.5 Å². The molecular weight excluding hydrogens is 604 g/mol. The molecule has 11 nitrogen and oxygen atoms in total. The maximum Gasteiger partial charge on any atom is 0.404 e. The van der Waals surface area contributed by atoms with E-state index in [0.717, 1.165) is 12.0 Å². The molecule has 2 atom stereocenters. The fourth-order valence-corrected chi connectivity index (χ4v) is 7.14. The molecule has 3 N–H and O–H groups in total. The summed E-state index contributed by atoms with van der Waals surface area (Å²) in [4.78, 5) is 11.6. The highest BCUT2D eigenvalue weighted by Crippen LogP contribution is 2.37. The number of carboxylic acid groups (broad SMARTS) is 1. The first-order valence-corrected chi connectivity index (χ1v) is 19.3. The summed E-state index contributed by atoms with van der Waals surface area (Å²) in [6.07, 6.45) is -1.74. The summed E-state index contributed by atoms with van der Waals surface area (Å²) in [7, 11) is -5.84. The Morgan fingerprint density at radius 1 is 1.05 bits per heavy atom. The Morgan fingerprint density at radius 3 is 2.32 bits per heavy atom. The number of carbonyl (C=O) groups is 1. The predicted octanol–water partition coefficient (Wildman–Crippen LogP) is 5.09. The van der Waals surface area contributed by atoms with Gasteiger partial charge in [0.05, 0.1) is 23.6 Å². The van der Waals surface area contributed by atoms with Crippen LogP contribution in [-0.2, 0) is 20.9 Å². The van der Waals surface area contributed by atoms with Gasteiger partial charge in [0.2, 0.25) is 16.8 Å². The van der Waals surface area contributed by atoms with Crippen LogP contribution in [0.4, 0.5) is 4.79 Å². The zero-order valence-corrected chi connectivity index (χ0v) is 28.6. The van der Waals surface area contributed by atoms with Gasteiger partial charge in [0.15, 0.2) is 19.8 Å². The number of sulfonamides is 1. The second kappa shape index (κ2) is 15.0. The number of fused-ring (bicyclic) bond motifs is 1. The smallest absolute Gasteiger partial charge is 0.404 e. The number of hydrogen-bond donors (Lipinski definition) is 3. The number of aliphatic hydroxyl groups excluding tert-OH is 1. The van der Waals surface area contributed by atoms with Crippen molar-refractivity contribution in [3.05, 3.63) is 48.0 Å². The molecule has 0 unspecified atom stereocenters. The van der Waals surface area contributed by atoms with Crippen LogP contribution in [0.2, 0.25) is 18.1 Å². The molecule has 3 rings (SSSR count). The zero-order chi connectivity index (χ0) is 32.7. The third-order valence-electron chi connectivity index (χ3n) is 7.92. The standard InChI is InChI=1S/C31H48N2O9SSi/c1-22(2)19-33(43(37,38)25-13-14-28-29(18-25)41-21-40-28)20-27(34)26(32-30(35)36)17-23-9-11-24(12-10-23)39-15-8-16-42-44(6,7)31(3,4)5/h9-14,18,22,26-27,32,34H,8,15-17,19-21H2,1-7H3,(H,35,36)/t26-,27-/m0/s1. The molecule has 0 saturated carbocycles. The van der Waals surface area contributed by atoms with Crippen LogP contribution in [0.15, 0.2) is 47.4 Å². The van der Waals surface area contributed by atoms with Crippen LogP contribution in [-0.4, -0.2) is 82.6 Å². The Balaban J connectivity index is 1.64. The third-order valence-corrected chi connectivity index (χ3v) is 14.3. The molecule has 44 heavy (non-hydrogen) atoms. The van der Waals surface area contributed by atoms with Gasteiger partial charge in [0, 0.05) is 32.2 Å². The summed E-state index contributed by atoms with van der Waals surface area (Å²) in [5, 5.41) is 23.2. The second-order valence-corrected chi connectivity index (χ2v) is 19.8. The highest BCUT2D eigenvalue weighted by molar-refractivity contribution is 7.89. The number of rotatable bonds is 16. The third kappa shape index (κ3) is 9.83. The van der Waals surface area contributed by atoms with Crippen LogP contribution in [0, 0.1) is 5.92 Å². The van der Waals surface area contributed by atoms with Crippen LogP contribution in [0.3, 0.4) is 0 Å². The first-order valence-electron chi connectivity index (χ1n) is 14.9. The van der Waals surface area contributed by atoms with E-state index in [2.05, 4.69) is 39.2 Å². The maximum atomic E-state index is 13.6. The van der Waals surface area contributed by atoms with E-state index in [9.17, 15) is 23.4 Å². The minimum Gasteiger partial charge on any atom is -0.494 e. The van der Waals surface area contributed by atoms with Crippen molar-refractivity contribution in [2.45, 2.75) is 82.6 Å². The molecule has 0 aliphatic carbocycles. The highest BCUT2D eigenvalue weighted by atomic mass is 32.2.